The van der Waals surface area contributed by atoms with Crippen LogP contribution in [0.4, 0.5) is 23.8 Å². The Morgan fingerprint density at radius 3 is 2.26 bits per heavy atom. The van der Waals surface area contributed by atoms with Crippen LogP contribution in [-0.4, -0.2) is 27.9 Å². The number of aromatic nitrogens is 2. The van der Waals surface area contributed by atoms with E-state index in [0.717, 1.165) is 17.2 Å². The van der Waals surface area contributed by atoms with Crippen molar-refractivity contribution in [1.29, 1.82) is 0 Å². The summed E-state index contributed by atoms with van der Waals surface area (Å²) in [5.41, 5.74) is -1.13. The Bertz CT molecular complexity index is 798. The number of alkyl halides is 3. The van der Waals surface area contributed by atoms with Gasteiger partial charge in [-0.05, 0) is 44.5 Å². The minimum atomic E-state index is -4.55. The largest absolute Gasteiger partial charge is 0.443 e. The standard InChI is InChI=1S/C18H18F3N3O3/c1-17(2,3)27-16(26)24(15-7-5-13(11-25)9-23-15)10-12-4-6-14(22-8-12)18(19,20)21/h4-9,11H,10H2,1-3H3. The highest BCUT2D eigenvalue weighted by Crippen LogP contribution is 2.27. The third kappa shape index (κ3) is 5.77. The second-order valence-electron chi connectivity index (χ2n) is 6.68. The van der Waals surface area contributed by atoms with Gasteiger partial charge in [0.1, 0.15) is 17.1 Å². The smallest absolute Gasteiger partial charge is 0.433 e. The van der Waals surface area contributed by atoms with Crippen LogP contribution in [0.3, 0.4) is 0 Å². The third-order valence-corrected chi connectivity index (χ3v) is 3.25. The molecule has 0 atom stereocenters. The van der Waals surface area contributed by atoms with Gasteiger partial charge in [0.2, 0.25) is 0 Å². The number of anilines is 1. The number of aldehydes is 1. The van der Waals surface area contributed by atoms with Crippen LogP contribution in [0.1, 0.15) is 42.4 Å². The van der Waals surface area contributed by atoms with Crippen LogP contribution in [-0.2, 0) is 17.5 Å². The first-order valence-corrected chi connectivity index (χ1v) is 7.93. The number of rotatable bonds is 4. The number of nitrogens with zero attached hydrogens (tertiary/aromatic N) is 3. The number of amides is 1. The van der Waals surface area contributed by atoms with Gasteiger partial charge in [-0.15, -0.1) is 0 Å². The van der Waals surface area contributed by atoms with E-state index in [1.165, 1.54) is 24.4 Å². The van der Waals surface area contributed by atoms with Gasteiger partial charge in [0, 0.05) is 18.0 Å². The summed E-state index contributed by atoms with van der Waals surface area (Å²) in [7, 11) is 0. The molecule has 27 heavy (non-hydrogen) atoms. The second kappa shape index (κ2) is 7.73. The van der Waals surface area contributed by atoms with Crippen LogP contribution >= 0.6 is 0 Å². The molecule has 6 nitrogen and oxygen atoms in total. The van der Waals surface area contributed by atoms with Crippen molar-refractivity contribution in [2.24, 2.45) is 0 Å². The quantitative estimate of drug-likeness (QED) is 0.741. The van der Waals surface area contributed by atoms with Gasteiger partial charge >= 0.3 is 12.3 Å². The van der Waals surface area contributed by atoms with E-state index in [9.17, 15) is 22.8 Å². The summed E-state index contributed by atoms with van der Waals surface area (Å²) in [6.07, 6.45) is -2.34. The van der Waals surface area contributed by atoms with Crippen molar-refractivity contribution >= 4 is 18.2 Å². The fourth-order valence-electron chi connectivity index (χ4n) is 2.05. The fraction of sp³-hybridized carbons (Fsp3) is 0.333. The van der Waals surface area contributed by atoms with E-state index in [2.05, 4.69) is 9.97 Å². The van der Waals surface area contributed by atoms with Gasteiger partial charge < -0.3 is 4.74 Å². The van der Waals surface area contributed by atoms with Crippen LogP contribution in [0.5, 0.6) is 0 Å². The molecule has 144 valence electrons. The summed E-state index contributed by atoms with van der Waals surface area (Å²) in [5, 5.41) is 0. The van der Waals surface area contributed by atoms with E-state index in [0.29, 0.717) is 17.4 Å². The van der Waals surface area contributed by atoms with Crippen LogP contribution in [0.25, 0.3) is 0 Å². The van der Waals surface area contributed by atoms with Crippen molar-refractivity contribution in [2.75, 3.05) is 4.90 Å². The van der Waals surface area contributed by atoms with Gasteiger partial charge in [-0.3, -0.25) is 14.7 Å². The van der Waals surface area contributed by atoms with E-state index in [4.69, 9.17) is 4.74 Å². The number of pyridine rings is 2. The number of ether oxygens (including phenoxy) is 1. The molecule has 0 aliphatic heterocycles. The zero-order valence-electron chi connectivity index (χ0n) is 14.9. The first-order chi connectivity index (χ1) is 12.5. The van der Waals surface area contributed by atoms with Gasteiger partial charge in [0.25, 0.3) is 0 Å². The number of hydrogen-bond donors (Lipinski definition) is 0. The van der Waals surface area contributed by atoms with Gasteiger partial charge in [-0.2, -0.15) is 13.2 Å². The number of hydrogen-bond acceptors (Lipinski definition) is 5. The van der Waals surface area contributed by atoms with Crippen molar-refractivity contribution in [2.45, 2.75) is 39.1 Å². The molecule has 2 heterocycles. The van der Waals surface area contributed by atoms with Crippen LogP contribution in [0.15, 0.2) is 36.7 Å². The van der Waals surface area contributed by atoms with Gasteiger partial charge in [0.05, 0.1) is 6.54 Å². The van der Waals surface area contributed by atoms with Crippen LogP contribution in [0.2, 0.25) is 0 Å². The molecule has 0 N–H and O–H groups in total. The van der Waals surface area contributed by atoms with E-state index in [1.807, 2.05) is 0 Å². The molecule has 0 bridgehead atoms. The summed E-state index contributed by atoms with van der Waals surface area (Å²) in [6, 6.07) is 4.99. The zero-order chi connectivity index (χ0) is 20.2. The fourth-order valence-corrected chi connectivity index (χ4v) is 2.05. The molecule has 0 unspecified atom stereocenters. The molecule has 0 fully saturated rings. The number of carbonyl (C=O) groups excluding carboxylic acids is 2. The van der Waals surface area contributed by atoms with E-state index < -0.39 is 23.6 Å². The second-order valence-corrected chi connectivity index (χ2v) is 6.68. The van der Waals surface area contributed by atoms with E-state index in [1.54, 1.807) is 20.8 Å². The van der Waals surface area contributed by atoms with Crippen molar-refractivity contribution in [3.63, 3.8) is 0 Å². The topological polar surface area (TPSA) is 72.4 Å². The number of halogens is 3. The molecule has 0 aliphatic carbocycles. The maximum atomic E-state index is 12.6. The monoisotopic (exact) mass is 381 g/mol. The maximum absolute atomic E-state index is 12.6. The molecule has 0 spiro atoms. The molecule has 0 aliphatic rings. The molecule has 2 rings (SSSR count). The zero-order valence-corrected chi connectivity index (χ0v) is 14.9. The molecule has 0 aromatic carbocycles. The lowest BCUT2D eigenvalue weighted by atomic mass is 10.2. The Hall–Kier alpha value is -2.97. The van der Waals surface area contributed by atoms with Crippen LogP contribution < -0.4 is 4.90 Å². The molecule has 2 aromatic heterocycles. The van der Waals surface area contributed by atoms with E-state index >= 15 is 0 Å². The van der Waals surface area contributed by atoms with E-state index in [-0.39, 0.29) is 12.4 Å². The summed E-state index contributed by atoms with van der Waals surface area (Å²) in [5.74, 6) is 0.190. The summed E-state index contributed by atoms with van der Waals surface area (Å²) in [4.78, 5) is 31.9. The van der Waals surface area contributed by atoms with Gasteiger partial charge in [-0.25, -0.2) is 9.78 Å². The minimum absolute atomic E-state index is 0.104. The van der Waals surface area contributed by atoms with Gasteiger partial charge in [-0.1, -0.05) is 6.07 Å². The molecule has 0 saturated heterocycles. The van der Waals surface area contributed by atoms with Crippen molar-refractivity contribution in [3.8, 4) is 0 Å². The normalized spacial score (nSPS) is 11.8. The molecule has 1 amide bonds. The Balaban J connectivity index is 2.31. The Morgan fingerprint density at radius 1 is 1.11 bits per heavy atom. The summed E-state index contributed by atoms with van der Waals surface area (Å²) in [6.45, 7) is 4.95. The Labute approximate surface area is 154 Å². The van der Waals surface area contributed by atoms with Crippen molar-refractivity contribution < 1.29 is 27.5 Å². The highest BCUT2D eigenvalue weighted by atomic mass is 19.4. The average Bonchev–Trinajstić information content (AvgIpc) is 2.58. The van der Waals surface area contributed by atoms with Crippen molar-refractivity contribution in [3.05, 3.63) is 53.5 Å². The van der Waals surface area contributed by atoms with Crippen molar-refractivity contribution in [1.82, 2.24) is 9.97 Å². The average molecular weight is 381 g/mol. The highest BCUT2D eigenvalue weighted by Gasteiger charge is 2.32. The molecule has 0 saturated carbocycles. The third-order valence-electron chi connectivity index (χ3n) is 3.25. The lowest BCUT2D eigenvalue weighted by molar-refractivity contribution is -0.141. The Morgan fingerprint density at radius 2 is 1.81 bits per heavy atom. The Kier molecular flexibility index (Phi) is 5.82. The molecular weight excluding hydrogens is 363 g/mol. The molecule has 9 heteroatoms. The first-order valence-electron chi connectivity index (χ1n) is 7.93. The predicted molar refractivity (Wildman–Crippen MR) is 91.3 cm³/mol. The maximum Gasteiger partial charge on any atom is 0.433 e. The molecular formula is C18H18F3N3O3. The van der Waals surface area contributed by atoms with Crippen LogP contribution in [0, 0.1) is 0 Å². The number of carbonyl (C=O) groups is 2. The first kappa shape index (κ1) is 20.3. The summed E-state index contributed by atoms with van der Waals surface area (Å²) < 4.78 is 43.3. The SMILES string of the molecule is CC(C)(C)OC(=O)N(Cc1ccc(C(F)(F)F)nc1)c1ccc(C=O)cn1. The predicted octanol–water partition coefficient (Wildman–Crippen LogP) is 4.25. The lowest BCUT2D eigenvalue weighted by Gasteiger charge is -2.27. The lowest BCUT2D eigenvalue weighted by Crippen LogP contribution is -2.37. The molecule has 0 radical (unpaired) electrons. The highest BCUT2D eigenvalue weighted by molar-refractivity contribution is 5.87. The minimum Gasteiger partial charge on any atom is -0.443 e. The van der Waals surface area contributed by atoms with Gasteiger partial charge in [0.15, 0.2) is 6.29 Å². The summed E-state index contributed by atoms with van der Waals surface area (Å²) >= 11 is 0. The molecule has 2 aromatic rings.